The predicted molar refractivity (Wildman–Crippen MR) is 172 cm³/mol. The van der Waals surface area contributed by atoms with E-state index >= 15 is 0 Å². The minimum atomic E-state index is -1.00. The van der Waals surface area contributed by atoms with Crippen molar-refractivity contribution in [3.8, 4) is 11.5 Å². The monoisotopic (exact) mass is 675 g/mol. The van der Waals surface area contributed by atoms with E-state index in [0.29, 0.717) is 42.3 Å². The van der Waals surface area contributed by atoms with Gasteiger partial charge in [0.15, 0.2) is 0 Å². The van der Waals surface area contributed by atoms with Gasteiger partial charge < -0.3 is 29.6 Å². The third-order valence-corrected chi connectivity index (χ3v) is 7.30. The zero-order chi connectivity index (χ0) is 31.4. The lowest BCUT2D eigenvalue weighted by Gasteiger charge is -2.30. The van der Waals surface area contributed by atoms with E-state index in [1.54, 1.807) is 13.8 Å². The molecule has 0 aliphatic carbocycles. The van der Waals surface area contributed by atoms with Crippen LogP contribution in [-0.4, -0.2) is 56.9 Å². The summed E-state index contributed by atoms with van der Waals surface area (Å²) in [6.07, 6.45) is 3.38. The Morgan fingerprint density at radius 3 is 2.14 bits per heavy atom. The average molecular weight is 677 g/mol. The number of halogens is 1. The molecule has 2 aromatic carbocycles. The number of carbonyl (C=O) groups is 2. The Morgan fingerprint density at radius 1 is 0.955 bits per heavy atom. The first-order valence-electron chi connectivity index (χ1n) is 14.4. The molecule has 1 aliphatic heterocycles. The summed E-state index contributed by atoms with van der Waals surface area (Å²) in [5.74, 6) is -1.16. The molecule has 0 bridgehead atoms. The molecule has 1 atom stereocenters. The minimum absolute atomic E-state index is 0. The molecule has 0 saturated heterocycles. The summed E-state index contributed by atoms with van der Waals surface area (Å²) in [4.78, 5) is 37.1. The molecule has 2 aromatic rings. The molecule has 0 fully saturated rings. The third-order valence-electron chi connectivity index (χ3n) is 7.30. The van der Waals surface area contributed by atoms with Gasteiger partial charge in [0.2, 0.25) is 0 Å². The number of carbonyl (C=O) groups excluding carboxylic acids is 2. The van der Waals surface area contributed by atoms with Crippen molar-refractivity contribution >= 4 is 34.6 Å². The quantitative estimate of drug-likeness (QED) is 0.0979. The van der Waals surface area contributed by atoms with Crippen molar-refractivity contribution in [2.75, 3.05) is 34.0 Å². The van der Waals surface area contributed by atoms with E-state index in [0.717, 1.165) is 31.6 Å². The summed E-state index contributed by atoms with van der Waals surface area (Å²) in [7, 11) is 2.48. The van der Waals surface area contributed by atoms with Crippen molar-refractivity contribution in [3.63, 3.8) is 0 Å². The second kappa shape index (κ2) is 18.0. The van der Waals surface area contributed by atoms with Crippen LogP contribution in [0.15, 0.2) is 71.1 Å². The number of hydrogen-bond donors (Lipinski definition) is 2. The number of nitrogens with zero attached hydrogens (tertiary/aromatic N) is 1. The SMILES string of the molecule is Br.CCC(CCCOc1ccc([N+](=O)[O-])cc1C1C(C(=O)OC)=C(C)NC(C)=C1C(=O)OC)NCCCOc1ccccc1. The molecule has 12 heteroatoms. The number of para-hydroxylation sites is 1. The first kappa shape index (κ1) is 36.3. The van der Waals surface area contributed by atoms with Gasteiger partial charge in [0.05, 0.1) is 49.4 Å². The molecule has 3 rings (SSSR count). The summed E-state index contributed by atoms with van der Waals surface area (Å²) in [6, 6.07) is 14.2. The molecular weight excluding hydrogens is 634 g/mol. The number of nitrogens with one attached hydrogen (secondary N) is 2. The zero-order valence-corrected chi connectivity index (χ0v) is 27.6. The number of ether oxygens (including phenoxy) is 4. The Bertz CT molecular complexity index is 1310. The van der Waals surface area contributed by atoms with Gasteiger partial charge in [0.25, 0.3) is 5.69 Å². The third kappa shape index (κ3) is 9.55. The Labute approximate surface area is 268 Å². The maximum atomic E-state index is 12.9. The first-order valence-corrected chi connectivity index (χ1v) is 14.4. The molecule has 11 nitrogen and oxygen atoms in total. The molecule has 2 N–H and O–H groups in total. The highest BCUT2D eigenvalue weighted by atomic mass is 79.9. The second-order valence-electron chi connectivity index (χ2n) is 10.2. The highest BCUT2D eigenvalue weighted by molar-refractivity contribution is 8.93. The van der Waals surface area contributed by atoms with E-state index < -0.39 is 22.8 Å². The zero-order valence-electron chi connectivity index (χ0n) is 25.8. The van der Waals surface area contributed by atoms with Crippen LogP contribution in [0, 0.1) is 10.1 Å². The fourth-order valence-electron chi connectivity index (χ4n) is 5.12. The Balaban J connectivity index is 0.00000675. The van der Waals surface area contributed by atoms with Crippen molar-refractivity contribution in [2.45, 2.75) is 58.4 Å². The maximum absolute atomic E-state index is 12.9. The number of esters is 2. The Hall–Kier alpha value is -3.90. The van der Waals surface area contributed by atoms with E-state index in [-0.39, 0.29) is 39.9 Å². The summed E-state index contributed by atoms with van der Waals surface area (Å²) >= 11 is 0. The van der Waals surface area contributed by atoms with Crippen LogP contribution in [0.3, 0.4) is 0 Å². The number of benzene rings is 2. The van der Waals surface area contributed by atoms with Gasteiger partial charge >= 0.3 is 11.9 Å². The van der Waals surface area contributed by atoms with Gasteiger partial charge in [-0.25, -0.2) is 9.59 Å². The Kier molecular flexibility index (Phi) is 14.9. The molecule has 44 heavy (non-hydrogen) atoms. The van der Waals surface area contributed by atoms with Crippen LogP contribution in [0.2, 0.25) is 0 Å². The van der Waals surface area contributed by atoms with Gasteiger partial charge in [0.1, 0.15) is 11.5 Å². The maximum Gasteiger partial charge on any atom is 0.336 e. The van der Waals surface area contributed by atoms with E-state index in [4.69, 9.17) is 18.9 Å². The number of allylic oxidation sites excluding steroid dienone is 2. The van der Waals surface area contributed by atoms with Crippen LogP contribution in [0.1, 0.15) is 57.9 Å². The number of nitro benzene ring substituents is 1. The van der Waals surface area contributed by atoms with Gasteiger partial charge in [0, 0.05) is 35.1 Å². The average Bonchev–Trinajstić information content (AvgIpc) is 3.01. The molecule has 0 saturated carbocycles. The lowest BCUT2D eigenvalue weighted by Crippen LogP contribution is -2.32. The largest absolute Gasteiger partial charge is 0.494 e. The number of rotatable bonds is 16. The van der Waals surface area contributed by atoms with Crippen LogP contribution in [-0.2, 0) is 19.1 Å². The smallest absolute Gasteiger partial charge is 0.336 e. The van der Waals surface area contributed by atoms with Gasteiger partial charge in [-0.2, -0.15) is 0 Å². The number of dihydropyridines is 1. The van der Waals surface area contributed by atoms with Gasteiger partial charge in [-0.15, -0.1) is 17.0 Å². The molecular formula is C32H42BrN3O8. The number of methoxy groups -OCH3 is 2. The van der Waals surface area contributed by atoms with Gasteiger partial charge in [-0.1, -0.05) is 25.1 Å². The molecule has 240 valence electrons. The van der Waals surface area contributed by atoms with E-state index in [2.05, 4.69) is 17.6 Å². The highest BCUT2D eigenvalue weighted by Gasteiger charge is 2.39. The van der Waals surface area contributed by atoms with Crippen molar-refractivity contribution in [1.29, 1.82) is 0 Å². The van der Waals surface area contributed by atoms with Gasteiger partial charge in [-0.05, 0) is 64.3 Å². The van der Waals surface area contributed by atoms with Crippen LogP contribution in [0.25, 0.3) is 0 Å². The molecule has 0 radical (unpaired) electrons. The molecule has 1 aliphatic rings. The summed E-state index contributed by atoms with van der Waals surface area (Å²) < 4.78 is 22.0. The number of nitro groups is 1. The van der Waals surface area contributed by atoms with Crippen LogP contribution < -0.4 is 20.1 Å². The molecule has 0 amide bonds. The summed E-state index contributed by atoms with van der Waals surface area (Å²) in [5, 5.41) is 18.3. The van der Waals surface area contributed by atoms with E-state index in [1.165, 1.54) is 32.4 Å². The molecule has 0 aromatic heterocycles. The predicted octanol–water partition coefficient (Wildman–Crippen LogP) is 5.75. The van der Waals surface area contributed by atoms with Crippen LogP contribution in [0.4, 0.5) is 5.69 Å². The topological polar surface area (TPSA) is 138 Å². The molecule has 0 spiro atoms. The van der Waals surface area contributed by atoms with E-state index in [9.17, 15) is 19.7 Å². The van der Waals surface area contributed by atoms with Crippen molar-refractivity contribution in [3.05, 3.63) is 86.7 Å². The number of non-ortho nitro benzene ring substituents is 1. The molecule has 1 heterocycles. The minimum Gasteiger partial charge on any atom is -0.494 e. The highest BCUT2D eigenvalue weighted by Crippen LogP contribution is 2.44. The van der Waals surface area contributed by atoms with Gasteiger partial charge in [-0.3, -0.25) is 10.1 Å². The summed E-state index contributed by atoms with van der Waals surface area (Å²) in [6.45, 7) is 7.26. The lowest BCUT2D eigenvalue weighted by atomic mass is 9.80. The number of hydrogen-bond acceptors (Lipinski definition) is 10. The lowest BCUT2D eigenvalue weighted by molar-refractivity contribution is -0.384. The fraction of sp³-hybridized carbons (Fsp3) is 0.438. The molecule has 1 unspecified atom stereocenters. The standard InChI is InChI=1S/C32H41N3O8.BrH/c1-6-23(33-17-11-19-42-25-13-8-7-9-14-25)12-10-18-43-27-16-15-24(35(38)39)20-26(27)30-28(31(36)40-4)21(2)34-22(3)29(30)32(37)41-5;/h7-9,13-16,20,23,30,33-34H,6,10-12,17-19H2,1-5H3;1H. The van der Waals surface area contributed by atoms with Crippen molar-refractivity contribution < 1.29 is 33.5 Å². The van der Waals surface area contributed by atoms with Crippen LogP contribution in [0.5, 0.6) is 11.5 Å². The Morgan fingerprint density at radius 2 is 1.57 bits per heavy atom. The van der Waals surface area contributed by atoms with Crippen molar-refractivity contribution in [1.82, 2.24) is 10.6 Å². The fourth-order valence-corrected chi connectivity index (χ4v) is 5.12. The van der Waals surface area contributed by atoms with Crippen molar-refractivity contribution in [2.24, 2.45) is 0 Å². The first-order chi connectivity index (χ1) is 20.7. The summed E-state index contributed by atoms with van der Waals surface area (Å²) in [5.41, 5.74) is 1.32. The second-order valence-corrected chi connectivity index (χ2v) is 10.2. The normalized spacial score (nSPS) is 13.8. The van der Waals surface area contributed by atoms with Crippen LogP contribution >= 0.6 is 17.0 Å². The van der Waals surface area contributed by atoms with E-state index in [1.807, 2.05) is 30.3 Å².